The second-order valence-electron chi connectivity index (χ2n) is 7.91. The molecule has 7 nitrogen and oxygen atoms in total. The summed E-state index contributed by atoms with van der Waals surface area (Å²) >= 11 is 0. The largest absolute Gasteiger partial charge is 0.376 e. The van der Waals surface area contributed by atoms with Crippen molar-refractivity contribution in [3.05, 3.63) is 47.6 Å². The first-order chi connectivity index (χ1) is 14.1. The summed E-state index contributed by atoms with van der Waals surface area (Å²) in [6.07, 6.45) is 3.35. The van der Waals surface area contributed by atoms with Crippen molar-refractivity contribution < 1.29 is 18.8 Å². The zero-order valence-electron chi connectivity index (χ0n) is 17.4. The predicted octanol–water partition coefficient (Wildman–Crippen LogP) is 3.04. The minimum absolute atomic E-state index is 0.0192. The van der Waals surface area contributed by atoms with Gasteiger partial charge < -0.3 is 18.9 Å². The highest BCUT2D eigenvalue weighted by Crippen LogP contribution is 2.14. The fraction of sp³-hybridized carbons (Fsp3) is 0.591. The van der Waals surface area contributed by atoms with Crippen molar-refractivity contribution in [2.75, 3.05) is 26.3 Å². The molecule has 1 fully saturated rings. The molecule has 1 aromatic carbocycles. The predicted molar refractivity (Wildman–Crippen MR) is 108 cm³/mol. The number of hydrogen-bond donors (Lipinski definition) is 0. The first-order valence-corrected chi connectivity index (χ1v) is 10.4. The summed E-state index contributed by atoms with van der Waals surface area (Å²) in [7, 11) is 0. The molecule has 1 amide bonds. The Hall–Kier alpha value is -2.25. The highest BCUT2D eigenvalue weighted by Gasteiger charge is 2.24. The zero-order valence-corrected chi connectivity index (χ0v) is 17.4. The number of carbonyl (C=O) groups is 1. The van der Waals surface area contributed by atoms with Gasteiger partial charge in [0, 0.05) is 25.9 Å². The Kier molecular flexibility index (Phi) is 8.19. The van der Waals surface area contributed by atoms with E-state index in [4.69, 9.17) is 14.0 Å². The van der Waals surface area contributed by atoms with E-state index in [1.165, 1.54) is 0 Å². The van der Waals surface area contributed by atoms with Crippen molar-refractivity contribution in [3.63, 3.8) is 0 Å². The second kappa shape index (κ2) is 11.1. The number of likely N-dealkylation sites (tertiary alicyclic amines) is 1. The quantitative estimate of drug-likeness (QED) is 0.609. The van der Waals surface area contributed by atoms with Gasteiger partial charge in [-0.05, 0) is 24.3 Å². The van der Waals surface area contributed by atoms with E-state index >= 15 is 0 Å². The van der Waals surface area contributed by atoms with Gasteiger partial charge in [0.05, 0.1) is 19.3 Å². The molecule has 1 atom stereocenters. The third kappa shape index (κ3) is 7.25. The molecule has 1 unspecified atom stereocenters. The van der Waals surface area contributed by atoms with Gasteiger partial charge in [0.25, 0.3) is 0 Å². The van der Waals surface area contributed by atoms with Crippen LogP contribution in [0.15, 0.2) is 34.9 Å². The van der Waals surface area contributed by atoms with Crippen LogP contribution in [-0.2, 0) is 33.7 Å². The number of aromatic nitrogens is 2. The maximum absolute atomic E-state index is 12.4. The maximum Gasteiger partial charge on any atom is 0.248 e. The lowest BCUT2D eigenvalue weighted by molar-refractivity contribution is -0.140. The van der Waals surface area contributed by atoms with Gasteiger partial charge in [0.15, 0.2) is 5.82 Å². The summed E-state index contributed by atoms with van der Waals surface area (Å²) in [6.45, 7) is 6.69. The van der Waals surface area contributed by atoms with Crippen LogP contribution in [0, 0.1) is 5.92 Å². The van der Waals surface area contributed by atoms with Crippen LogP contribution in [0.4, 0.5) is 0 Å². The topological polar surface area (TPSA) is 77.7 Å². The first-order valence-electron chi connectivity index (χ1n) is 10.4. The lowest BCUT2D eigenvalue weighted by atomic mass is 10.1. The number of hydrogen-bond acceptors (Lipinski definition) is 6. The number of carbonyl (C=O) groups excluding carboxylic acids is 1. The fourth-order valence-electron chi connectivity index (χ4n) is 3.36. The van der Waals surface area contributed by atoms with E-state index in [0.717, 1.165) is 31.4 Å². The molecule has 0 saturated carbocycles. The normalized spacial score (nSPS) is 17.1. The molecule has 0 aliphatic carbocycles. The van der Waals surface area contributed by atoms with Gasteiger partial charge in [-0.15, -0.1) is 0 Å². The molecule has 3 rings (SSSR count). The molecule has 0 spiro atoms. The lowest BCUT2D eigenvalue weighted by Crippen LogP contribution is -2.44. The Labute approximate surface area is 172 Å². The van der Waals surface area contributed by atoms with Gasteiger partial charge in [-0.1, -0.05) is 49.3 Å². The standard InChI is InChI=1S/C22H31N3O4/c1-17(2)13-21-23-20(24-29-21)10-12-28-19-9-6-11-25(14-19)22(26)16-27-15-18-7-4-3-5-8-18/h3-5,7-8,17,19H,6,9-16H2,1-2H3. The molecule has 1 aromatic heterocycles. The molecule has 1 aliphatic rings. The van der Waals surface area contributed by atoms with E-state index in [1.807, 2.05) is 35.2 Å². The number of rotatable bonds is 10. The number of amides is 1. The van der Waals surface area contributed by atoms with Gasteiger partial charge in [-0.3, -0.25) is 4.79 Å². The molecule has 0 radical (unpaired) electrons. The highest BCUT2D eigenvalue weighted by atomic mass is 16.5. The van der Waals surface area contributed by atoms with Crippen molar-refractivity contribution >= 4 is 5.91 Å². The Morgan fingerprint density at radius 1 is 1.31 bits per heavy atom. The molecule has 158 valence electrons. The average molecular weight is 402 g/mol. The van der Waals surface area contributed by atoms with Crippen molar-refractivity contribution in [1.29, 1.82) is 0 Å². The minimum Gasteiger partial charge on any atom is -0.376 e. The highest BCUT2D eigenvalue weighted by molar-refractivity contribution is 5.77. The summed E-state index contributed by atoms with van der Waals surface area (Å²) in [4.78, 5) is 18.7. The second-order valence-corrected chi connectivity index (χ2v) is 7.91. The van der Waals surface area contributed by atoms with Crippen molar-refractivity contribution in [3.8, 4) is 0 Å². The van der Waals surface area contributed by atoms with Crippen LogP contribution < -0.4 is 0 Å². The molecule has 7 heteroatoms. The summed E-state index contributed by atoms with van der Waals surface area (Å²) in [6, 6.07) is 9.88. The maximum atomic E-state index is 12.4. The monoisotopic (exact) mass is 401 g/mol. The molecule has 1 aliphatic heterocycles. The Bertz CT molecular complexity index is 748. The minimum atomic E-state index is 0.0192. The van der Waals surface area contributed by atoms with Crippen LogP contribution in [-0.4, -0.2) is 53.4 Å². The third-order valence-corrected chi connectivity index (χ3v) is 4.84. The molecule has 0 bridgehead atoms. The number of piperidine rings is 1. The number of benzene rings is 1. The van der Waals surface area contributed by atoms with E-state index in [2.05, 4.69) is 24.0 Å². The third-order valence-electron chi connectivity index (χ3n) is 4.84. The van der Waals surface area contributed by atoms with Crippen LogP contribution >= 0.6 is 0 Å². The van der Waals surface area contributed by atoms with Gasteiger partial charge in [-0.2, -0.15) is 4.98 Å². The average Bonchev–Trinajstić information content (AvgIpc) is 3.15. The Morgan fingerprint density at radius 2 is 2.14 bits per heavy atom. The van der Waals surface area contributed by atoms with Crippen molar-refractivity contribution in [2.45, 2.75) is 52.2 Å². The molecular weight excluding hydrogens is 370 g/mol. The van der Waals surface area contributed by atoms with Crippen LogP contribution in [0.3, 0.4) is 0 Å². The summed E-state index contributed by atoms with van der Waals surface area (Å²) in [5.41, 5.74) is 1.07. The summed E-state index contributed by atoms with van der Waals surface area (Å²) in [5.74, 6) is 1.87. The Balaban J connectivity index is 1.35. The van der Waals surface area contributed by atoms with Gasteiger partial charge in [0.1, 0.15) is 6.61 Å². The van der Waals surface area contributed by atoms with Crippen LogP contribution in [0.5, 0.6) is 0 Å². The number of nitrogens with zero attached hydrogens (tertiary/aromatic N) is 3. The van der Waals surface area contributed by atoms with Crippen molar-refractivity contribution in [2.24, 2.45) is 5.92 Å². The van der Waals surface area contributed by atoms with Gasteiger partial charge in [-0.25, -0.2) is 0 Å². The first kappa shape index (κ1) is 21.5. The molecule has 2 aromatic rings. The van der Waals surface area contributed by atoms with Crippen molar-refractivity contribution in [1.82, 2.24) is 15.0 Å². The SMILES string of the molecule is CC(C)Cc1nc(CCOC2CCCN(C(=O)COCc3ccccc3)C2)no1. The van der Waals surface area contributed by atoms with E-state index in [9.17, 15) is 4.79 Å². The number of ether oxygens (including phenoxy) is 2. The summed E-state index contributed by atoms with van der Waals surface area (Å²) < 4.78 is 16.8. The smallest absolute Gasteiger partial charge is 0.248 e. The van der Waals surface area contributed by atoms with Crippen LogP contribution in [0.2, 0.25) is 0 Å². The van der Waals surface area contributed by atoms with E-state index in [-0.39, 0.29) is 18.6 Å². The molecular formula is C22H31N3O4. The molecule has 0 N–H and O–H groups in total. The molecule has 2 heterocycles. The van der Waals surface area contributed by atoms with E-state index in [0.29, 0.717) is 43.8 Å². The van der Waals surface area contributed by atoms with E-state index < -0.39 is 0 Å². The summed E-state index contributed by atoms with van der Waals surface area (Å²) in [5, 5.41) is 4.01. The van der Waals surface area contributed by atoms with E-state index in [1.54, 1.807) is 0 Å². The Morgan fingerprint density at radius 3 is 2.93 bits per heavy atom. The molecule has 29 heavy (non-hydrogen) atoms. The lowest BCUT2D eigenvalue weighted by Gasteiger charge is -2.32. The van der Waals surface area contributed by atoms with Crippen LogP contribution in [0.25, 0.3) is 0 Å². The van der Waals surface area contributed by atoms with Gasteiger partial charge >= 0.3 is 0 Å². The van der Waals surface area contributed by atoms with Crippen LogP contribution in [0.1, 0.15) is 44.0 Å². The fourth-order valence-corrected chi connectivity index (χ4v) is 3.36. The zero-order chi connectivity index (χ0) is 20.5. The van der Waals surface area contributed by atoms with Gasteiger partial charge in [0.2, 0.25) is 11.8 Å². The molecule has 1 saturated heterocycles.